The van der Waals surface area contributed by atoms with Crippen LogP contribution in [-0.2, 0) is 16.1 Å². The number of halogens is 1. The highest BCUT2D eigenvalue weighted by Crippen LogP contribution is 2.24. The lowest BCUT2D eigenvalue weighted by Gasteiger charge is -2.06. The fourth-order valence-electron chi connectivity index (χ4n) is 2.38. The van der Waals surface area contributed by atoms with E-state index < -0.39 is 11.8 Å². The van der Waals surface area contributed by atoms with Crippen LogP contribution in [0.5, 0.6) is 5.75 Å². The third-order valence-electron chi connectivity index (χ3n) is 3.85. The Morgan fingerprint density at radius 2 is 2.00 bits per heavy atom. The Hall–Kier alpha value is -3.41. The molecule has 27 heavy (non-hydrogen) atoms. The quantitative estimate of drug-likeness (QED) is 0.472. The molecule has 0 fully saturated rings. The first-order chi connectivity index (χ1) is 13.1. The van der Waals surface area contributed by atoms with Crippen LogP contribution in [0.4, 0.5) is 4.39 Å². The van der Waals surface area contributed by atoms with Crippen molar-refractivity contribution in [3.8, 4) is 17.2 Å². The van der Waals surface area contributed by atoms with Gasteiger partial charge in [0.2, 0.25) is 5.89 Å². The number of hydrogen-bond donors (Lipinski definition) is 0. The van der Waals surface area contributed by atoms with Crippen LogP contribution in [0.25, 0.3) is 17.5 Å². The largest absolute Gasteiger partial charge is 0.484 e. The van der Waals surface area contributed by atoms with Crippen LogP contribution in [0, 0.1) is 12.7 Å². The number of aryl methyl sites for hydroxylation is 1. The molecule has 0 aliphatic rings. The predicted octanol–water partition coefficient (Wildman–Crippen LogP) is 4.55. The number of hydrogen-bond acceptors (Lipinski definition) is 5. The Morgan fingerprint density at radius 1 is 1.22 bits per heavy atom. The van der Waals surface area contributed by atoms with Crippen LogP contribution in [-0.4, -0.2) is 18.1 Å². The van der Waals surface area contributed by atoms with E-state index in [1.54, 1.807) is 13.0 Å². The molecule has 0 bridgehead atoms. The summed E-state index contributed by atoms with van der Waals surface area (Å²) in [6.45, 7) is 1.87. The molecule has 1 aromatic heterocycles. The SMILES string of the molecule is COC(=O)/C=C/c1ccc(OCc2nc(-c3ccccc3)oc2C)c(F)c1. The minimum absolute atomic E-state index is 0.0798. The summed E-state index contributed by atoms with van der Waals surface area (Å²) in [6, 6.07) is 13.9. The molecule has 1 heterocycles. The third-order valence-corrected chi connectivity index (χ3v) is 3.85. The van der Waals surface area contributed by atoms with Crippen LogP contribution >= 0.6 is 0 Å². The number of oxazole rings is 1. The van der Waals surface area contributed by atoms with E-state index >= 15 is 0 Å². The Kier molecular flexibility index (Phi) is 5.66. The molecule has 0 aliphatic carbocycles. The summed E-state index contributed by atoms with van der Waals surface area (Å²) in [5.41, 5.74) is 1.98. The summed E-state index contributed by atoms with van der Waals surface area (Å²) in [6.07, 6.45) is 2.69. The average Bonchev–Trinajstić information content (AvgIpc) is 3.06. The van der Waals surface area contributed by atoms with E-state index in [1.807, 2.05) is 30.3 Å². The van der Waals surface area contributed by atoms with Crippen molar-refractivity contribution >= 4 is 12.0 Å². The maximum Gasteiger partial charge on any atom is 0.330 e. The summed E-state index contributed by atoms with van der Waals surface area (Å²) >= 11 is 0. The number of carbonyl (C=O) groups excluding carboxylic acids is 1. The molecular formula is C21H18FNO4. The van der Waals surface area contributed by atoms with Crippen molar-refractivity contribution in [2.24, 2.45) is 0 Å². The third kappa shape index (κ3) is 4.61. The molecule has 138 valence electrons. The van der Waals surface area contributed by atoms with E-state index in [4.69, 9.17) is 9.15 Å². The topological polar surface area (TPSA) is 61.6 Å². The van der Waals surface area contributed by atoms with Gasteiger partial charge in [-0.25, -0.2) is 14.2 Å². The normalized spacial score (nSPS) is 10.9. The molecule has 2 aromatic carbocycles. The zero-order valence-electron chi connectivity index (χ0n) is 14.9. The second-order valence-corrected chi connectivity index (χ2v) is 5.72. The van der Waals surface area contributed by atoms with E-state index in [1.165, 1.54) is 31.4 Å². The van der Waals surface area contributed by atoms with Gasteiger partial charge in [0.1, 0.15) is 18.1 Å². The number of benzene rings is 2. The molecule has 0 saturated carbocycles. The molecular weight excluding hydrogens is 349 g/mol. The molecule has 5 nitrogen and oxygen atoms in total. The second-order valence-electron chi connectivity index (χ2n) is 5.72. The molecule has 3 aromatic rings. The van der Waals surface area contributed by atoms with Crippen LogP contribution in [0.3, 0.4) is 0 Å². The summed E-state index contributed by atoms with van der Waals surface area (Å²) in [4.78, 5) is 15.5. The first kappa shape index (κ1) is 18.4. The van der Waals surface area contributed by atoms with Gasteiger partial charge in [0, 0.05) is 11.6 Å². The summed E-state index contributed by atoms with van der Waals surface area (Å²) < 4.78 is 29.9. The van der Waals surface area contributed by atoms with Crippen molar-refractivity contribution in [2.45, 2.75) is 13.5 Å². The van der Waals surface area contributed by atoms with Gasteiger partial charge < -0.3 is 13.9 Å². The molecule has 0 spiro atoms. The highest BCUT2D eigenvalue weighted by atomic mass is 19.1. The fraction of sp³-hybridized carbons (Fsp3) is 0.143. The number of aromatic nitrogens is 1. The van der Waals surface area contributed by atoms with Crippen LogP contribution in [0.15, 0.2) is 59.0 Å². The maximum atomic E-state index is 14.2. The van der Waals surface area contributed by atoms with Gasteiger partial charge in [0.15, 0.2) is 11.6 Å². The highest BCUT2D eigenvalue weighted by molar-refractivity contribution is 5.86. The van der Waals surface area contributed by atoms with Gasteiger partial charge in [-0.15, -0.1) is 0 Å². The van der Waals surface area contributed by atoms with Crippen LogP contribution in [0.2, 0.25) is 0 Å². The van der Waals surface area contributed by atoms with E-state index in [0.717, 1.165) is 5.56 Å². The lowest BCUT2D eigenvalue weighted by atomic mass is 10.2. The van der Waals surface area contributed by atoms with Gasteiger partial charge in [-0.1, -0.05) is 24.3 Å². The highest BCUT2D eigenvalue weighted by Gasteiger charge is 2.13. The minimum atomic E-state index is -0.536. The van der Waals surface area contributed by atoms with Gasteiger partial charge >= 0.3 is 5.97 Å². The van der Waals surface area contributed by atoms with E-state index in [0.29, 0.717) is 22.9 Å². The minimum Gasteiger partial charge on any atom is -0.484 e. The monoisotopic (exact) mass is 367 g/mol. The summed E-state index contributed by atoms with van der Waals surface area (Å²) in [7, 11) is 1.28. The summed E-state index contributed by atoms with van der Waals surface area (Å²) in [5.74, 6) is 0.161. The van der Waals surface area contributed by atoms with Gasteiger partial charge in [0.05, 0.1) is 7.11 Å². The Bertz CT molecular complexity index is 964. The van der Waals surface area contributed by atoms with Crippen molar-refractivity contribution in [1.29, 1.82) is 0 Å². The smallest absolute Gasteiger partial charge is 0.330 e. The number of ether oxygens (including phenoxy) is 2. The predicted molar refractivity (Wildman–Crippen MR) is 98.5 cm³/mol. The first-order valence-electron chi connectivity index (χ1n) is 8.27. The molecule has 0 unspecified atom stereocenters. The Balaban J connectivity index is 1.69. The fourth-order valence-corrected chi connectivity index (χ4v) is 2.38. The number of esters is 1. The van der Waals surface area contributed by atoms with Crippen LogP contribution < -0.4 is 4.74 Å². The Labute approximate surface area is 156 Å². The second kappa shape index (κ2) is 8.31. The van der Waals surface area contributed by atoms with Crippen LogP contribution in [0.1, 0.15) is 17.0 Å². The first-order valence-corrected chi connectivity index (χ1v) is 8.27. The summed E-state index contributed by atoms with van der Waals surface area (Å²) in [5, 5.41) is 0. The molecule has 0 saturated heterocycles. The average molecular weight is 367 g/mol. The molecule has 3 rings (SSSR count). The molecule has 6 heteroatoms. The number of carbonyl (C=O) groups is 1. The van der Waals surface area contributed by atoms with Gasteiger partial charge in [0.25, 0.3) is 0 Å². The van der Waals surface area contributed by atoms with Gasteiger partial charge in [-0.2, -0.15) is 0 Å². The lowest BCUT2D eigenvalue weighted by molar-refractivity contribution is -0.134. The van der Waals surface area contributed by atoms with Crippen molar-refractivity contribution in [1.82, 2.24) is 4.98 Å². The Morgan fingerprint density at radius 3 is 2.70 bits per heavy atom. The number of nitrogens with zero attached hydrogens (tertiary/aromatic N) is 1. The number of rotatable bonds is 6. The zero-order chi connectivity index (χ0) is 19.2. The van der Waals surface area contributed by atoms with Gasteiger partial charge in [-0.3, -0.25) is 0 Å². The molecule has 0 amide bonds. The van der Waals surface area contributed by atoms with Gasteiger partial charge in [-0.05, 0) is 42.8 Å². The van der Waals surface area contributed by atoms with Crippen molar-refractivity contribution in [3.05, 3.63) is 77.4 Å². The van der Waals surface area contributed by atoms with Crippen molar-refractivity contribution in [2.75, 3.05) is 7.11 Å². The van der Waals surface area contributed by atoms with Crippen molar-refractivity contribution in [3.63, 3.8) is 0 Å². The standard InChI is InChI=1S/C21H18FNO4/c1-14-18(23-21(27-14)16-6-4-3-5-7-16)13-26-19-10-8-15(12-17(19)22)9-11-20(24)25-2/h3-12H,13H2,1-2H3/b11-9+. The van der Waals surface area contributed by atoms with E-state index in [2.05, 4.69) is 9.72 Å². The molecule has 0 radical (unpaired) electrons. The maximum absolute atomic E-state index is 14.2. The number of methoxy groups -OCH3 is 1. The van der Waals surface area contributed by atoms with Crippen molar-refractivity contribution < 1.29 is 23.1 Å². The lowest BCUT2D eigenvalue weighted by Crippen LogP contribution is -1.99. The molecule has 0 N–H and O–H groups in total. The molecule has 0 aliphatic heterocycles. The van der Waals surface area contributed by atoms with E-state index in [-0.39, 0.29) is 12.4 Å². The zero-order valence-corrected chi connectivity index (χ0v) is 14.9. The molecule has 0 atom stereocenters. The van der Waals surface area contributed by atoms with E-state index in [9.17, 15) is 9.18 Å².